The fraction of sp³-hybridized carbons (Fsp3) is 0.769. The lowest BCUT2D eigenvalue weighted by Gasteiger charge is -2.35. The molecule has 1 amide bonds. The SMILES string of the molecule is C=C1NC(=O)CCC1N(CCC)CCN.CC. The summed E-state index contributed by atoms with van der Waals surface area (Å²) < 4.78 is 0. The zero-order chi connectivity index (χ0) is 13.3. The average molecular weight is 241 g/mol. The summed E-state index contributed by atoms with van der Waals surface area (Å²) in [6.45, 7) is 12.6. The van der Waals surface area contributed by atoms with Gasteiger partial charge >= 0.3 is 0 Å². The molecule has 0 aromatic rings. The van der Waals surface area contributed by atoms with Crippen LogP contribution in [0.15, 0.2) is 12.3 Å². The van der Waals surface area contributed by atoms with Crippen LogP contribution in [0.4, 0.5) is 0 Å². The average Bonchev–Trinajstić information content (AvgIpc) is 2.32. The van der Waals surface area contributed by atoms with Crippen molar-refractivity contribution < 1.29 is 4.79 Å². The van der Waals surface area contributed by atoms with E-state index in [9.17, 15) is 4.79 Å². The van der Waals surface area contributed by atoms with Crippen molar-refractivity contribution in [2.75, 3.05) is 19.6 Å². The van der Waals surface area contributed by atoms with Crippen LogP contribution in [0.1, 0.15) is 40.0 Å². The van der Waals surface area contributed by atoms with Gasteiger partial charge in [-0.05, 0) is 19.4 Å². The van der Waals surface area contributed by atoms with Crippen molar-refractivity contribution in [1.29, 1.82) is 0 Å². The largest absolute Gasteiger partial charge is 0.329 e. The smallest absolute Gasteiger partial charge is 0.224 e. The van der Waals surface area contributed by atoms with Gasteiger partial charge in [-0.1, -0.05) is 27.4 Å². The van der Waals surface area contributed by atoms with Gasteiger partial charge in [-0.2, -0.15) is 0 Å². The Hall–Kier alpha value is -0.870. The van der Waals surface area contributed by atoms with Gasteiger partial charge in [0.25, 0.3) is 0 Å². The first-order valence-electron chi connectivity index (χ1n) is 6.61. The minimum Gasteiger partial charge on any atom is -0.329 e. The molecule has 100 valence electrons. The monoisotopic (exact) mass is 241 g/mol. The number of carbonyl (C=O) groups is 1. The van der Waals surface area contributed by atoms with Gasteiger partial charge in [0.2, 0.25) is 5.91 Å². The van der Waals surface area contributed by atoms with Crippen LogP contribution < -0.4 is 11.1 Å². The van der Waals surface area contributed by atoms with Crippen LogP contribution in [0.25, 0.3) is 0 Å². The minimum atomic E-state index is 0.0837. The van der Waals surface area contributed by atoms with Crippen LogP contribution in [0.3, 0.4) is 0 Å². The molecule has 1 unspecified atom stereocenters. The standard InChI is InChI=1S/C11H21N3O.C2H6/c1-3-7-14(8-6-12)10-4-5-11(15)13-9(10)2;1-2/h10H,2-8,12H2,1H3,(H,13,15);1-2H3. The van der Waals surface area contributed by atoms with E-state index in [1.807, 2.05) is 13.8 Å². The summed E-state index contributed by atoms with van der Waals surface area (Å²) in [5.41, 5.74) is 6.41. The summed E-state index contributed by atoms with van der Waals surface area (Å²) in [5, 5.41) is 2.81. The zero-order valence-corrected chi connectivity index (χ0v) is 11.5. The van der Waals surface area contributed by atoms with Crippen molar-refractivity contribution in [1.82, 2.24) is 10.2 Å². The normalized spacial score (nSPS) is 19.7. The summed E-state index contributed by atoms with van der Waals surface area (Å²) in [6.07, 6.45) is 2.55. The molecule has 4 heteroatoms. The lowest BCUT2D eigenvalue weighted by molar-refractivity contribution is -0.122. The van der Waals surface area contributed by atoms with Crippen molar-refractivity contribution in [2.24, 2.45) is 5.73 Å². The summed E-state index contributed by atoms with van der Waals surface area (Å²) in [4.78, 5) is 13.4. The number of amides is 1. The molecule has 0 bridgehead atoms. The Kier molecular flexibility index (Phi) is 8.72. The Labute approximate surface area is 105 Å². The maximum atomic E-state index is 11.1. The van der Waals surface area contributed by atoms with Crippen molar-refractivity contribution in [3.8, 4) is 0 Å². The van der Waals surface area contributed by atoms with E-state index in [2.05, 4.69) is 23.7 Å². The van der Waals surface area contributed by atoms with Crippen LogP contribution >= 0.6 is 0 Å². The van der Waals surface area contributed by atoms with Crippen LogP contribution in [0, 0.1) is 0 Å². The molecule has 0 spiro atoms. The van der Waals surface area contributed by atoms with Gasteiger partial charge in [-0.3, -0.25) is 9.69 Å². The third-order valence-corrected chi connectivity index (χ3v) is 2.71. The molecule has 1 aliphatic rings. The van der Waals surface area contributed by atoms with Crippen LogP contribution in [-0.4, -0.2) is 36.5 Å². The molecule has 3 N–H and O–H groups in total. The van der Waals surface area contributed by atoms with Crippen molar-refractivity contribution in [3.05, 3.63) is 12.3 Å². The quantitative estimate of drug-likeness (QED) is 0.766. The van der Waals surface area contributed by atoms with Crippen molar-refractivity contribution in [2.45, 2.75) is 46.1 Å². The van der Waals surface area contributed by atoms with Crippen LogP contribution in [0.5, 0.6) is 0 Å². The number of hydrogen-bond donors (Lipinski definition) is 2. The minimum absolute atomic E-state index is 0.0837. The molecular weight excluding hydrogens is 214 g/mol. The number of rotatable bonds is 5. The maximum absolute atomic E-state index is 11.1. The molecule has 0 radical (unpaired) electrons. The molecule has 0 aromatic heterocycles. The van der Waals surface area contributed by atoms with E-state index in [4.69, 9.17) is 5.73 Å². The van der Waals surface area contributed by atoms with Crippen LogP contribution in [-0.2, 0) is 4.79 Å². The third kappa shape index (κ3) is 5.33. The van der Waals surface area contributed by atoms with Gasteiger partial charge in [0.1, 0.15) is 0 Å². The number of carbonyl (C=O) groups excluding carboxylic acids is 1. The number of nitrogens with one attached hydrogen (secondary N) is 1. The molecule has 1 heterocycles. The molecule has 4 nitrogen and oxygen atoms in total. The van der Waals surface area contributed by atoms with Crippen molar-refractivity contribution in [3.63, 3.8) is 0 Å². The van der Waals surface area contributed by atoms with E-state index in [1.54, 1.807) is 0 Å². The van der Waals surface area contributed by atoms with E-state index in [-0.39, 0.29) is 11.9 Å². The summed E-state index contributed by atoms with van der Waals surface area (Å²) in [6, 6.07) is 0.270. The molecule has 17 heavy (non-hydrogen) atoms. The van der Waals surface area contributed by atoms with E-state index >= 15 is 0 Å². The molecule has 1 rings (SSSR count). The van der Waals surface area contributed by atoms with Gasteiger partial charge in [-0.25, -0.2) is 0 Å². The Morgan fingerprint density at radius 2 is 2.12 bits per heavy atom. The Bertz CT molecular complexity index is 235. The van der Waals surface area contributed by atoms with Crippen LogP contribution in [0.2, 0.25) is 0 Å². The van der Waals surface area contributed by atoms with E-state index in [0.29, 0.717) is 13.0 Å². The predicted molar refractivity (Wildman–Crippen MR) is 72.6 cm³/mol. The number of nitrogens with zero attached hydrogens (tertiary/aromatic N) is 1. The molecule has 1 aliphatic heterocycles. The second-order valence-corrected chi connectivity index (χ2v) is 3.95. The van der Waals surface area contributed by atoms with Gasteiger partial charge in [-0.15, -0.1) is 0 Å². The van der Waals surface area contributed by atoms with Crippen molar-refractivity contribution >= 4 is 5.91 Å². The maximum Gasteiger partial charge on any atom is 0.224 e. The predicted octanol–water partition coefficient (Wildman–Crippen LogP) is 1.48. The highest BCUT2D eigenvalue weighted by molar-refractivity contribution is 5.79. The molecule has 1 fully saturated rings. The van der Waals surface area contributed by atoms with E-state index < -0.39 is 0 Å². The number of piperidine rings is 1. The van der Waals surface area contributed by atoms with Gasteiger partial charge in [0.05, 0.1) is 0 Å². The lowest BCUT2D eigenvalue weighted by Crippen LogP contribution is -2.47. The Balaban J connectivity index is 0.00000121. The van der Waals surface area contributed by atoms with E-state index in [1.165, 1.54) is 0 Å². The number of hydrogen-bond acceptors (Lipinski definition) is 3. The fourth-order valence-corrected chi connectivity index (χ4v) is 2.05. The molecule has 0 aromatic carbocycles. The highest BCUT2D eigenvalue weighted by Gasteiger charge is 2.26. The Morgan fingerprint density at radius 1 is 1.47 bits per heavy atom. The molecule has 0 aliphatic carbocycles. The Morgan fingerprint density at radius 3 is 2.59 bits per heavy atom. The summed E-state index contributed by atoms with van der Waals surface area (Å²) in [7, 11) is 0. The number of nitrogens with two attached hydrogens (primary N) is 1. The summed E-state index contributed by atoms with van der Waals surface area (Å²) >= 11 is 0. The highest BCUT2D eigenvalue weighted by atomic mass is 16.1. The zero-order valence-electron chi connectivity index (χ0n) is 11.5. The first-order chi connectivity index (χ1) is 8.19. The van der Waals surface area contributed by atoms with E-state index in [0.717, 1.165) is 31.6 Å². The van der Waals surface area contributed by atoms with Gasteiger partial charge in [0, 0.05) is 31.2 Å². The first-order valence-corrected chi connectivity index (χ1v) is 6.61. The molecular formula is C13H27N3O. The topological polar surface area (TPSA) is 58.4 Å². The second-order valence-electron chi connectivity index (χ2n) is 3.95. The third-order valence-electron chi connectivity index (χ3n) is 2.71. The lowest BCUT2D eigenvalue weighted by atomic mass is 10.0. The molecule has 1 saturated heterocycles. The second kappa shape index (κ2) is 9.19. The van der Waals surface area contributed by atoms with Gasteiger partial charge < -0.3 is 11.1 Å². The highest BCUT2D eigenvalue weighted by Crippen LogP contribution is 2.17. The fourth-order valence-electron chi connectivity index (χ4n) is 2.05. The first kappa shape index (κ1) is 16.1. The molecule has 1 atom stereocenters. The van der Waals surface area contributed by atoms with Gasteiger partial charge in [0.15, 0.2) is 0 Å². The summed E-state index contributed by atoms with van der Waals surface area (Å²) in [5.74, 6) is 0.0837. The molecule has 0 saturated carbocycles.